The van der Waals surface area contributed by atoms with E-state index in [1.807, 2.05) is 31.2 Å². The van der Waals surface area contributed by atoms with E-state index in [9.17, 15) is 18.0 Å². The number of aromatic amines is 1. The number of nitrogens with one attached hydrogen (secondary N) is 1. The Morgan fingerprint density at radius 3 is 2.47 bits per heavy atom. The first-order chi connectivity index (χ1) is 16.4. The first-order valence-electron chi connectivity index (χ1n) is 11.6. The van der Waals surface area contributed by atoms with Crippen molar-refractivity contribution in [3.63, 3.8) is 0 Å². The number of H-pyrrole nitrogens is 1. The number of aryl methyl sites for hydroxylation is 2. The predicted octanol–water partition coefficient (Wildman–Crippen LogP) is 0.634. The van der Waals surface area contributed by atoms with Crippen molar-refractivity contribution in [3.8, 4) is 0 Å². The number of benzene rings is 1. The number of fused-ring (bicyclic) bond motifs is 1. The molecular weight excluding hydrogens is 458 g/mol. The molecule has 0 aliphatic carbocycles. The van der Waals surface area contributed by atoms with Crippen LogP contribution in [0, 0.1) is 0 Å². The molecule has 1 N–H and O–H groups in total. The zero-order chi connectivity index (χ0) is 24.1. The summed E-state index contributed by atoms with van der Waals surface area (Å²) >= 11 is 0. The Labute approximate surface area is 198 Å². The highest BCUT2D eigenvalue weighted by molar-refractivity contribution is 7.91. The quantitative estimate of drug-likeness (QED) is 0.444. The van der Waals surface area contributed by atoms with Crippen LogP contribution in [0.5, 0.6) is 0 Å². The number of morpholine rings is 1. The molecule has 1 fully saturated rings. The number of aromatic nitrogens is 4. The van der Waals surface area contributed by atoms with E-state index in [-0.39, 0.29) is 18.1 Å². The van der Waals surface area contributed by atoms with Crippen molar-refractivity contribution >= 4 is 21.0 Å². The summed E-state index contributed by atoms with van der Waals surface area (Å²) in [4.78, 5) is 33.5. The molecule has 0 bridgehead atoms. The molecule has 0 saturated carbocycles. The largest absolute Gasteiger partial charge is 0.379 e. The molecule has 0 spiro atoms. The van der Waals surface area contributed by atoms with Crippen LogP contribution in [-0.2, 0) is 34.1 Å². The Balaban J connectivity index is 1.35. The summed E-state index contributed by atoms with van der Waals surface area (Å²) in [6.45, 7) is 6.67. The number of sulfone groups is 1. The van der Waals surface area contributed by atoms with Crippen molar-refractivity contribution in [3.05, 3.63) is 62.6 Å². The lowest BCUT2D eigenvalue weighted by molar-refractivity contribution is 0.0381. The van der Waals surface area contributed by atoms with Gasteiger partial charge in [0.15, 0.2) is 21.0 Å². The fourth-order valence-corrected chi connectivity index (χ4v) is 5.53. The van der Waals surface area contributed by atoms with E-state index in [1.165, 1.54) is 4.57 Å². The number of imidazole rings is 1. The van der Waals surface area contributed by atoms with Gasteiger partial charge in [-0.1, -0.05) is 24.3 Å². The Morgan fingerprint density at radius 1 is 1.06 bits per heavy atom. The predicted molar refractivity (Wildman–Crippen MR) is 130 cm³/mol. The second-order valence-corrected chi connectivity index (χ2v) is 10.9. The van der Waals surface area contributed by atoms with Crippen molar-refractivity contribution in [1.29, 1.82) is 0 Å². The van der Waals surface area contributed by atoms with E-state index in [1.54, 1.807) is 10.9 Å². The van der Waals surface area contributed by atoms with Gasteiger partial charge >= 0.3 is 5.69 Å². The second kappa shape index (κ2) is 10.7. The molecule has 1 aliphatic heterocycles. The highest BCUT2D eigenvalue weighted by Crippen LogP contribution is 2.12. The Bertz CT molecular complexity index is 1330. The second-order valence-electron chi connectivity index (χ2n) is 8.57. The normalized spacial score (nSPS) is 15.2. The molecule has 0 radical (unpaired) electrons. The van der Waals surface area contributed by atoms with Gasteiger partial charge in [-0.3, -0.25) is 19.2 Å². The monoisotopic (exact) mass is 489 g/mol. The summed E-state index contributed by atoms with van der Waals surface area (Å²) in [5.74, 6) is 0.307. The summed E-state index contributed by atoms with van der Waals surface area (Å²) in [5.41, 5.74) is 1.55. The number of rotatable bonds is 10. The van der Waals surface area contributed by atoms with Gasteiger partial charge in [0, 0.05) is 19.6 Å². The molecule has 1 aromatic carbocycles. The number of nitrogens with zero attached hydrogens (tertiary/aromatic N) is 4. The Hall–Kier alpha value is -2.76. The SMILES string of the molecule is CCn1cnc2c1c(=O)[nH]c(=O)n2Cc1ccc(CCS(=O)(=O)CCCN2CCOCC2)cc1. The molecule has 0 unspecified atom stereocenters. The summed E-state index contributed by atoms with van der Waals surface area (Å²) in [5, 5.41) is 0. The average Bonchev–Trinajstić information content (AvgIpc) is 3.27. The van der Waals surface area contributed by atoms with Crippen LogP contribution in [0.25, 0.3) is 11.2 Å². The van der Waals surface area contributed by atoms with Crippen molar-refractivity contribution in [2.24, 2.45) is 0 Å². The first-order valence-corrected chi connectivity index (χ1v) is 13.4. The molecular formula is C23H31N5O5S. The fraction of sp³-hybridized carbons (Fsp3) is 0.522. The van der Waals surface area contributed by atoms with Crippen LogP contribution < -0.4 is 11.2 Å². The maximum atomic E-state index is 12.5. The molecule has 34 heavy (non-hydrogen) atoms. The van der Waals surface area contributed by atoms with Crippen LogP contribution in [0.1, 0.15) is 24.5 Å². The molecule has 4 rings (SSSR count). The average molecular weight is 490 g/mol. The van der Waals surface area contributed by atoms with Crippen LogP contribution in [0.2, 0.25) is 0 Å². The molecule has 2 aromatic heterocycles. The van der Waals surface area contributed by atoms with Crippen molar-refractivity contribution in [1.82, 2.24) is 24.0 Å². The molecule has 1 saturated heterocycles. The third kappa shape index (κ3) is 5.83. The van der Waals surface area contributed by atoms with Gasteiger partial charge in [-0.15, -0.1) is 0 Å². The van der Waals surface area contributed by atoms with E-state index >= 15 is 0 Å². The molecule has 184 valence electrons. The van der Waals surface area contributed by atoms with Crippen LogP contribution in [0.3, 0.4) is 0 Å². The van der Waals surface area contributed by atoms with Crippen molar-refractivity contribution < 1.29 is 13.2 Å². The minimum Gasteiger partial charge on any atom is -0.379 e. The van der Waals surface area contributed by atoms with E-state index in [2.05, 4.69) is 14.9 Å². The topological polar surface area (TPSA) is 119 Å². The van der Waals surface area contributed by atoms with E-state index in [4.69, 9.17) is 4.74 Å². The lowest BCUT2D eigenvalue weighted by Gasteiger charge is -2.26. The zero-order valence-electron chi connectivity index (χ0n) is 19.4. The third-order valence-corrected chi connectivity index (χ3v) is 7.93. The van der Waals surface area contributed by atoms with Gasteiger partial charge in [0.2, 0.25) is 0 Å². The lowest BCUT2D eigenvalue weighted by atomic mass is 10.1. The first kappa shape index (κ1) is 24.4. The van der Waals surface area contributed by atoms with Crippen molar-refractivity contribution in [2.45, 2.75) is 32.9 Å². The fourth-order valence-electron chi connectivity index (χ4n) is 4.21. The highest BCUT2D eigenvalue weighted by atomic mass is 32.2. The standard InChI is InChI=1S/C23H31N5O5S/c1-2-27-17-24-21-20(27)22(29)25-23(30)28(21)16-19-6-4-18(5-7-19)8-15-34(31,32)14-3-9-26-10-12-33-13-11-26/h4-7,17H,2-3,8-16H2,1H3,(H,25,29,30). The van der Waals surface area contributed by atoms with Crippen LogP contribution in [-0.4, -0.2) is 76.8 Å². The van der Waals surface area contributed by atoms with Gasteiger partial charge in [0.25, 0.3) is 5.56 Å². The third-order valence-electron chi connectivity index (χ3n) is 6.19. The molecule has 0 atom stereocenters. The Morgan fingerprint density at radius 2 is 1.76 bits per heavy atom. The van der Waals surface area contributed by atoms with Crippen molar-refractivity contribution in [2.75, 3.05) is 44.4 Å². The summed E-state index contributed by atoms with van der Waals surface area (Å²) < 4.78 is 33.4. The van der Waals surface area contributed by atoms with E-state index < -0.39 is 21.1 Å². The summed E-state index contributed by atoms with van der Waals surface area (Å²) in [6.07, 6.45) is 2.64. The van der Waals surface area contributed by atoms with E-state index in [0.29, 0.717) is 43.8 Å². The highest BCUT2D eigenvalue weighted by Gasteiger charge is 2.15. The Kier molecular flexibility index (Phi) is 7.64. The van der Waals surface area contributed by atoms with Crippen LogP contribution in [0.15, 0.2) is 40.2 Å². The molecule has 0 amide bonds. The minimum atomic E-state index is -3.12. The summed E-state index contributed by atoms with van der Waals surface area (Å²) in [7, 11) is -3.12. The molecule has 3 aromatic rings. The van der Waals surface area contributed by atoms with Crippen LogP contribution in [0.4, 0.5) is 0 Å². The zero-order valence-corrected chi connectivity index (χ0v) is 20.2. The van der Waals surface area contributed by atoms with Gasteiger partial charge in [-0.05, 0) is 37.4 Å². The number of ether oxygens (including phenoxy) is 1. The van der Waals surface area contributed by atoms with Gasteiger partial charge in [0.1, 0.15) is 0 Å². The lowest BCUT2D eigenvalue weighted by Crippen LogP contribution is -2.37. The number of hydrogen-bond donors (Lipinski definition) is 1. The minimum absolute atomic E-state index is 0.115. The summed E-state index contributed by atoms with van der Waals surface area (Å²) in [6, 6.07) is 7.52. The number of hydrogen-bond acceptors (Lipinski definition) is 7. The van der Waals surface area contributed by atoms with Gasteiger partial charge in [0.05, 0.1) is 37.6 Å². The smallest absolute Gasteiger partial charge is 0.330 e. The molecule has 11 heteroatoms. The maximum absolute atomic E-state index is 12.5. The van der Waals surface area contributed by atoms with Crippen LogP contribution >= 0.6 is 0 Å². The molecule has 1 aliphatic rings. The molecule has 3 heterocycles. The molecule has 10 nitrogen and oxygen atoms in total. The van der Waals surface area contributed by atoms with E-state index in [0.717, 1.165) is 30.8 Å². The maximum Gasteiger partial charge on any atom is 0.330 e. The van der Waals surface area contributed by atoms with Gasteiger partial charge < -0.3 is 9.30 Å². The van der Waals surface area contributed by atoms with Gasteiger partial charge in [-0.25, -0.2) is 18.2 Å². The van der Waals surface area contributed by atoms with Gasteiger partial charge in [-0.2, -0.15) is 0 Å².